The second-order valence-electron chi connectivity index (χ2n) is 7.77. The van der Waals surface area contributed by atoms with Crippen molar-refractivity contribution in [2.24, 2.45) is 5.92 Å². The van der Waals surface area contributed by atoms with Gasteiger partial charge in [0.2, 0.25) is 11.8 Å². The zero-order valence-corrected chi connectivity index (χ0v) is 16.6. The maximum atomic E-state index is 13.0. The summed E-state index contributed by atoms with van der Waals surface area (Å²) in [6.45, 7) is 7.66. The van der Waals surface area contributed by atoms with Crippen molar-refractivity contribution in [3.8, 4) is 0 Å². The Morgan fingerprint density at radius 3 is 2.36 bits per heavy atom. The van der Waals surface area contributed by atoms with Crippen molar-refractivity contribution < 1.29 is 9.59 Å². The van der Waals surface area contributed by atoms with E-state index in [1.165, 1.54) is 5.69 Å². The molecule has 0 bridgehead atoms. The van der Waals surface area contributed by atoms with Gasteiger partial charge >= 0.3 is 0 Å². The van der Waals surface area contributed by atoms with Gasteiger partial charge < -0.3 is 14.7 Å². The second-order valence-corrected chi connectivity index (χ2v) is 7.77. The largest absolute Gasteiger partial charge is 0.368 e. The first-order valence-corrected chi connectivity index (χ1v) is 10.00. The van der Waals surface area contributed by atoms with Crippen LogP contribution in [-0.2, 0) is 9.59 Å². The minimum Gasteiger partial charge on any atom is -0.368 e. The van der Waals surface area contributed by atoms with Crippen LogP contribution in [0.5, 0.6) is 0 Å². The molecule has 2 saturated heterocycles. The fraction of sp³-hybridized carbons (Fsp3) is 0.391. The molecule has 0 N–H and O–H groups in total. The van der Waals surface area contributed by atoms with Gasteiger partial charge in [0.05, 0.1) is 5.92 Å². The highest BCUT2D eigenvalue weighted by atomic mass is 16.2. The van der Waals surface area contributed by atoms with Crippen LogP contribution in [0.25, 0.3) is 0 Å². The summed E-state index contributed by atoms with van der Waals surface area (Å²) in [5.74, 6) is -0.0699. The Balaban J connectivity index is 1.40. The predicted molar refractivity (Wildman–Crippen MR) is 112 cm³/mol. The van der Waals surface area contributed by atoms with Gasteiger partial charge in [0, 0.05) is 50.5 Å². The normalized spacial score (nSPS) is 20.0. The van der Waals surface area contributed by atoms with Gasteiger partial charge in [-0.3, -0.25) is 9.59 Å². The van der Waals surface area contributed by atoms with Gasteiger partial charge in [-0.05, 0) is 43.2 Å². The van der Waals surface area contributed by atoms with Crippen molar-refractivity contribution in [3.05, 3.63) is 59.7 Å². The predicted octanol–water partition coefficient (Wildman–Crippen LogP) is 3.01. The number of para-hydroxylation sites is 1. The van der Waals surface area contributed by atoms with Crippen molar-refractivity contribution in [1.29, 1.82) is 0 Å². The molecule has 2 amide bonds. The number of carbonyl (C=O) groups is 2. The van der Waals surface area contributed by atoms with Crippen molar-refractivity contribution in [2.75, 3.05) is 42.5 Å². The van der Waals surface area contributed by atoms with Gasteiger partial charge in [-0.25, -0.2) is 0 Å². The number of hydrogen-bond acceptors (Lipinski definition) is 3. The van der Waals surface area contributed by atoms with Gasteiger partial charge in [0.1, 0.15) is 0 Å². The van der Waals surface area contributed by atoms with Crippen LogP contribution in [0.15, 0.2) is 48.5 Å². The van der Waals surface area contributed by atoms with E-state index in [9.17, 15) is 9.59 Å². The molecule has 0 spiro atoms. The van der Waals surface area contributed by atoms with E-state index in [0.717, 1.165) is 29.9 Å². The Morgan fingerprint density at radius 2 is 1.64 bits per heavy atom. The SMILES string of the molecule is Cc1cccc(N2CC(C(=O)N3CCN(c4ccccc4)CC3)CC2=O)c1C. The van der Waals surface area contributed by atoms with E-state index in [4.69, 9.17) is 0 Å². The number of rotatable bonds is 3. The molecule has 4 rings (SSSR count). The Morgan fingerprint density at radius 1 is 0.929 bits per heavy atom. The van der Waals surface area contributed by atoms with Crippen LogP contribution in [-0.4, -0.2) is 49.4 Å². The summed E-state index contributed by atoms with van der Waals surface area (Å²) in [6.07, 6.45) is 0.311. The molecule has 146 valence electrons. The number of hydrogen-bond donors (Lipinski definition) is 0. The zero-order valence-electron chi connectivity index (χ0n) is 16.6. The first-order chi connectivity index (χ1) is 13.5. The third-order valence-electron chi connectivity index (χ3n) is 6.05. The first kappa shape index (κ1) is 18.5. The van der Waals surface area contributed by atoms with Crippen LogP contribution < -0.4 is 9.80 Å². The fourth-order valence-electron chi connectivity index (χ4n) is 4.22. The van der Waals surface area contributed by atoms with Gasteiger partial charge in [0.25, 0.3) is 0 Å². The number of benzene rings is 2. The van der Waals surface area contributed by atoms with Crippen molar-refractivity contribution in [3.63, 3.8) is 0 Å². The number of nitrogens with zero attached hydrogens (tertiary/aromatic N) is 3. The van der Waals surface area contributed by atoms with Crippen LogP contribution in [0.4, 0.5) is 11.4 Å². The Kier molecular flexibility index (Phi) is 5.07. The number of aryl methyl sites for hydroxylation is 1. The highest BCUT2D eigenvalue weighted by Crippen LogP contribution is 2.30. The molecule has 0 aromatic heterocycles. The van der Waals surface area contributed by atoms with E-state index in [1.807, 2.05) is 55.1 Å². The maximum absolute atomic E-state index is 13.0. The number of piperazine rings is 1. The average molecular weight is 377 g/mol. The van der Waals surface area contributed by atoms with Crippen molar-refractivity contribution in [1.82, 2.24) is 4.90 Å². The lowest BCUT2D eigenvalue weighted by Gasteiger charge is -2.37. The minimum atomic E-state index is -0.240. The molecule has 5 nitrogen and oxygen atoms in total. The molecule has 28 heavy (non-hydrogen) atoms. The molecule has 2 heterocycles. The molecule has 0 aliphatic carbocycles. The van der Waals surface area contributed by atoms with Crippen LogP contribution in [0.1, 0.15) is 17.5 Å². The van der Waals surface area contributed by atoms with E-state index in [-0.39, 0.29) is 17.7 Å². The summed E-state index contributed by atoms with van der Waals surface area (Å²) in [5.41, 5.74) is 4.42. The molecule has 2 aromatic carbocycles. The highest BCUT2D eigenvalue weighted by molar-refractivity contribution is 6.01. The van der Waals surface area contributed by atoms with Gasteiger partial charge in [0.15, 0.2) is 0 Å². The van der Waals surface area contributed by atoms with Gasteiger partial charge in [-0.1, -0.05) is 30.3 Å². The number of carbonyl (C=O) groups excluding carboxylic acids is 2. The van der Waals surface area contributed by atoms with Crippen LogP contribution in [0.3, 0.4) is 0 Å². The third-order valence-corrected chi connectivity index (χ3v) is 6.05. The van der Waals surface area contributed by atoms with Crippen LogP contribution >= 0.6 is 0 Å². The standard InChI is InChI=1S/C23H27N3O2/c1-17-7-6-10-21(18(17)2)26-16-19(15-22(26)27)23(28)25-13-11-24(12-14-25)20-8-4-3-5-9-20/h3-10,19H,11-16H2,1-2H3. The summed E-state index contributed by atoms with van der Waals surface area (Å²) in [6, 6.07) is 16.3. The molecule has 2 aliphatic heterocycles. The van der Waals surface area contributed by atoms with E-state index in [1.54, 1.807) is 4.90 Å². The molecule has 0 saturated carbocycles. The molecule has 0 radical (unpaired) electrons. The topological polar surface area (TPSA) is 43.9 Å². The van der Waals surface area contributed by atoms with E-state index in [2.05, 4.69) is 17.0 Å². The Labute approximate surface area is 166 Å². The second kappa shape index (κ2) is 7.66. The smallest absolute Gasteiger partial charge is 0.228 e. The minimum absolute atomic E-state index is 0.0509. The average Bonchev–Trinajstić information content (AvgIpc) is 3.12. The zero-order chi connectivity index (χ0) is 19.7. The number of anilines is 2. The summed E-state index contributed by atoms with van der Waals surface area (Å²) in [7, 11) is 0. The molecule has 1 unspecified atom stereocenters. The summed E-state index contributed by atoms with van der Waals surface area (Å²) >= 11 is 0. The summed E-state index contributed by atoms with van der Waals surface area (Å²) in [4.78, 5) is 31.7. The van der Waals surface area contributed by atoms with Gasteiger partial charge in [-0.2, -0.15) is 0 Å². The first-order valence-electron chi connectivity index (χ1n) is 10.00. The van der Waals surface area contributed by atoms with E-state index >= 15 is 0 Å². The Bertz CT molecular complexity index is 873. The molecule has 5 heteroatoms. The maximum Gasteiger partial charge on any atom is 0.228 e. The summed E-state index contributed by atoms with van der Waals surface area (Å²) < 4.78 is 0. The van der Waals surface area contributed by atoms with Crippen molar-refractivity contribution >= 4 is 23.2 Å². The molecular formula is C23H27N3O2. The molecule has 2 aliphatic rings. The molecular weight excluding hydrogens is 350 g/mol. The fourth-order valence-corrected chi connectivity index (χ4v) is 4.22. The van der Waals surface area contributed by atoms with Crippen LogP contribution in [0, 0.1) is 19.8 Å². The lowest BCUT2D eigenvalue weighted by Crippen LogP contribution is -2.50. The summed E-state index contributed by atoms with van der Waals surface area (Å²) in [5, 5.41) is 0. The number of amides is 2. The third kappa shape index (κ3) is 3.49. The molecule has 2 fully saturated rings. The lowest BCUT2D eigenvalue weighted by molar-refractivity contribution is -0.136. The van der Waals surface area contributed by atoms with E-state index < -0.39 is 0 Å². The monoisotopic (exact) mass is 377 g/mol. The molecule has 1 atom stereocenters. The quantitative estimate of drug-likeness (QED) is 0.826. The van der Waals surface area contributed by atoms with Gasteiger partial charge in [-0.15, -0.1) is 0 Å². The van der Waals surface area contributed by atoms with Crippen LogP contribution in [0.2, 0.25) is 0 Å². The van der Waals surface area contributed by atoms with E-state index in [0.29, 0.717) is 26.1 Å². The lowest BCUT2D eigenvalue weighted by atomic mass is 10.1. The Hall–Kier alpha value is -2.82. The molecule has 2 aromatic rings. The van der Waals surface area contributed by atoms with Crippen molar-refractivity contribution in [2.45, 2.75) is 20.3 Å². The highest BCUT2D eigenvalue weighted by Gasteiger charge is 2.38.